The molecule has 0 aliphatic carbocycles. The Hall–Kier alpha value is -1.06. The summed E-state index contributed by atoms with van der Waals surface area (Å²) in [6.07, 6.45) is 2.31. The van der Waals surface area contributed by atoms with Crippen LogP contribution >= 0.6 is 0 Å². The number of benzene rings is 1. The van der Waals surface area contributed by atoms with Crippen LogP contribution < -0.4 is 4.74 Å². The fourth-order valence-electron chi connectivity index (χ4n) is 3.19. The highest BCUT2D eigenvalue weighted by Crippen LogP contribution is 2.40. The van der Waals surface area contributed by atoms with Crippen molar-refractivity contribution in [1.82, 2.24) is 0 Å². The van der Waals surface area contributed by atoms with Crippen molar-refractivity contribution in [2.45, 2.75) is 32.6 Å². The molecule has 0 saturated carbocycles. The third-order valence-corrected chi connectivity index (χ3v) is 4.31. The molecule has 0 bridgehead atoms. The maximum Gasteiger partial charge on any atom is 0.188 e. The summed E-state index contributed by atoms with van der Waals surface area (Å²) >= 11 is 0. The van der Waals surface area contributed by atoms with Crippen LogP contribution in [0.4, 0.5) is 0 Å². The van der Waals surface area contributed by atoms with E-state index in [-0.39, 0.29) is 0 Å². The fourth-order valence-corrected chi connectivity index (χ4v) is 3.19. The summed E-state index contributed by atoms with van der Waals surface area (Å²) in [6.45, 7) is 6.56. The van der Waals surface area contributed by atoms with Crippen LogP contribution in [0.5, 0.6) is 5.75 Å². The van der Waals surface area contributed by atoms with Crippen molar-refractivity contribution >= 4 is 0 Å². The van der Waals surface area contributed by atoms with Gasteiger partial charge in [0.1, 0.15) is 5.75 Å². The molecular weight excluding hydrogens is 252 g/mol. The number of hydrogen-bond donors (Lipinski definition) is 0. The maximum atomic E-state index is 5.77. The van der Waals surface area contributed by atoms with Crippen LogP contribution in [0.1, 0.15) is 38.2 Å². The Balaban J connectivity index is 2.21. The van der Waals surface area contributed by atoms with Crippen molar-refractivity contribution in [3.05, 3.63) is 29.8 Å². The molecule has 1 aromatic rings. The Morgan fingerprint density at radius 3 is 2.45 bits per heavy atom. The Bertz CT molecular complexity index is 393. The molecule has 20 heavy (non-hydrogen) atoms. The van der Waals surface area contributed by atoms with E-state index in [9.17, 15) is 0 Å². The molecule has 112 valence electrons. The topological polar surface area (TPSA) is 27.7 Å². The summed E-state index contributed by atoms with van der Waals surface area (Å²) in [5.41, 5.74) is 1.38. The van der Waals surface area contributed by atoms with Gasteiger partial charge in [0, 0.05) is 20.3 Å². The van der Waals surface area contributed by atoms with Gasteiger partial charge in [-0.2, -0.15) is 0 Å². The fraction of sp³-hybridized carbons (Fsp3) is 0.647. The second-order valence-electron chi connectivity index (χ2n) is 5.52. The molecular formula is C17H26O3. The molecule has 2 rings (SSSR count). The van der Waals surface area contributed by atoms with Crippen LogP contribution in [-0.2, 0) is 9.47 Å². The van der Waals surface area contributed by atoms with E-state index in [0.29, 0.717) is 24.5 Å². The minimum absolute atomic E-state index is 0.297. The quantitative estimate of drug-likeness (QED) is 0.740. The highest BCUT2D eigenvalue weighted by molar-refractivity contribution is 5.32. The van der Waals surface area contributed by atoms with Crippen LogP contribution in [0.25, 0.3) is 0 Å². The normalized spacial score (nSPS) is 26.4. The van der Waals surface area contributed by atoms with Crippen LogP contribution in [0.15, 0.2) is 24.3 Å². The largest absolute Gasteiger partial charge is 0.468 e. The number of ether oxygens (including phenoxy) is 3. The molecule has 0 spiro atoms. The van der Waals surface area contributed by atoms with Crippen molar-refractivity contribution in [3.8, 4) is 5.75 Å². The molecule has 1 aliphatic rings. The zero-order valence-corrected chi connectivity index (χ0v) is 12.8. The van der Waals surface area contributed by atoms with Crippen LogP contribution in [0, 0.1) is 11.8 Å². The van der Waals surface area contributed by atoms with Gasteiger partial charge in [-0.25, -0.2) is 0 Å². The summed E-state index contributed by atoms with van der Waals surface area (Å²) in [5.74, 6) is 2.67. The molecule has 1 heterocycles. The van der Waals surface area contributed by atoms with E-state index in [4.69, 9.17) is 14.2 Å². The molecule has 3 heteroatoms. The minimum Gasteiger partial charge on any atom is -0.468 e. The monoisotopic (exact) mass is 278 g/mol. The second kappa shape index (κ2) is 7.65. The van der Waals surface area contributed by atoms with Gasteiger partial charge in [0.2, 0.25) is 0 Å². The molecule has 1 saturated heterocycles. The van der Waals surface area contributed by atoms with E-state index in [2.05, 4.69) is 32.0 Å². The molecule has 3 nitrogen and oxygen atoms in total. The van der Waals surface area contributed by atoms with Gasteiger partial charge in [-0.1, -0.05) is 38.8 Å². The minimum atomic E-state index is 0.297. The zero-order valence-electron chi connectivity index (χ0n) is 12.8. The Labute approximate surface area is 122 Å². The van der Waals surface area contributed by atoms with E-state index >= 15 is 0 Å². The van der Waals surface area contributed by atoms with Crippen LogP contribution in [-0.4, -0.2) is 27.1 Å². The average Bonchev–Trinajstić information content (AvgIpc) is 2.52. The number of hydrogen-bond acceptors (Lipinski definition) is 3. The highest BCUT2D eigenvalue weighted by atomic mass is 16.7. The van der Waals surface area contributed by atoms with Gasteiger partial charge in [0.25, 0.3) is 0 Å². The summed E-state index contributed by atoms with van der Waals surface area (Å²) < 4.78 is 16.3. The Kier molecular flexibility index (Phi) is 5.86. The van der Waals surface area contributed by atoms with Crippen molar-refractivity contribution in [2.75, 3.05) is 27.1 Å². The lowest BCUT2D eigenvalue weighted by Crippen LogP contribution is -2.33. The molecule has 0 radical (unpaired) electrons. The predicted molar refractivity (Wildman–Crippen MR) is 80.1 cm³/mol. The third kappa shape index (κ3) is 3.53. The first-order valence-corrected chi connectivity index (χ1v) is 7.59. The van der Waals surface area contributed by atoms with Crippen LogP contribution in [0.3, 0.4) is 0 Å². The van der Waals surface area contributed by atoms with Gasteiger partial charge in [-0.15, -0.1) is 0 Å². The van der Waals surface area contributed by atoms with Gasteiger partial charge >= 0.3 is 0 Å². The van der Waals surface area contributed by atoms with E-state index in [0.717, 1.165) is 31.8 Å². The first-order chi connectivity index (χ1) is 9.80. The van der Waals surface area contributed by atoms with Crippen molar-refractivity contribution in [3.63, 3.8) is 0 Å². The highest BCUT2D eigenvalue weighted by Gasteiger charge is 2.33. The van der Waals surface area contributed by atoms with E-state index in [1.165, 1.54) is 5.56 Å². The first kappa shape index (κ1) is 15.3. The van der Waals surface area contributed by atoms with Gasteiger partial charge in [0.05, 0.1) is 0 Å². The lowest BCUT2D eigenvalue weighted by Gasteiger charge is -2.38. The number of methoxy groups -OCH3 is 1. The Morgan fingerprint density at radius 1 is 1.15 bits per heavy atom. The molecule has 0 N–H and O–H groups in total. The van der Waals surface area contributed by atoms with E-state index < -0.39 is 0 Å². The summed E-state index contributed by atoms with van der Waals surface area (Å²) in [7, 11) is 1.64. The first-order valence-electron chi connectivity index (χ1n) is 7.59. The molecule has 2 unspecified atom stereocenters. The smallest absolute Gasteiger partial charge is 0.188 e. The SMILES string of the molecule is CCC1COCC(CC)C1c1cccc(OCOC)c1. The standard InChI is InChI=1S/C17H26O3/c1-4-13-10-19-11-14(5-2)17(13)15-7-6-8-16(9-15)20-12-18-3/h6-9,13-14,17H,4-5,10-12H2,1-3H3. The Morgan fingerprint density at radius 2 is 1.85 bits per heavy atom. The zero-order chi connectivity index (χ0) is 14.4. The molecule has 1 aliphatic heterocycles. The van der Waals surface area contributed by atoms with Crippen LogP contribution in [0.2, 0.25) is 0 Å². The van der Waals surface area contributed by atoms with E-state index in [1.54, 1.807) is 7.11 Å². The molecule has 1 aromatic carbocycles. The molecule has 2 atom stereocenters. The lowest BCUT2D eigenvalue weighted by molar-refractivity contribution is -0.00478. The van der Waals surface area contributed by atoms with E-state index in [1.807, 2.05) is 6.07 Å². The summed E-state index contributed by atoms with van der Waals surface area (Å²) in [4.78, 5) is 0. The van der Waals surface area contributed by atoms with Gasteiger partial charge in [0.15, 0.2) is 6.79 Å². The van der Waals surface area contributed by atoms with Crippen molar-refractivity contribution in [1.29, 1.82) is 0 Å². The van der Waals surface area contributed by atoms with Gasteiger partial charge in [-0.05, 0) is 35.4 Å². The molecule has 0 aromatic heterocycles. The maximum absolute atomic E-state index is 5.77. The van der Waals surface area contributed by atoms with Crippen molar-refractivity contribution in [2.24, 2.45) is 11.8 Å². The van der Waals surface area contributed by atoms with Gasteiger partial charge in [-0.3, -0.25) is 0 Å². The molecule has 1 fully saturated rings. The second-order valence-corrected chi connectivity index (χ2v) is 5.52. The number of rotatable bonds is 6. The van der Waals surface area contributed by atoms with Crippen molar-refractivity contribution < 1.29 is 14.2 Å². The third-order valence-electron chi connectivity index (χ3n) is 4.31. The van der Waals surface area contributed by atoms with Gasteiger partial charge < -0.3 is 14.2 Å². The predicted octanol–water partition coefficient (Wildman–Crippen LogP) is 3.84. The summed E-state index contributed by atoms with van der Waals surface area (Å²) in [5, 5.41) is 0. The summed E-state index contributed by atoms with van der Waals surface area (Å²) in [6, 6.07) is 8.46. The molecule has 0 amide bonds. The average molecular weight is 278 g/mol. The lowest BCUT2D eigenvalue weighted by atomic mass is 9.74.